The molecule has 2 aromatic heterocycles. The van der Waals surface area contributed by atoms with Crippen LogP contribution in [0.1, 0.15) is 15.9 Å². The number of aromatic nitrogens is 3. The van der Waals surface area contributed by atoms with Gasteiger partial charge in [-0.3, -0.25) is 9.78 Å². The molecule has 2 rings (SSSR count). The summed E-state index contributed by atoms with van der Waals surface area (Å²) in [6.45, 7) is 1.62. The first-order valence-electron chi connectivity index (χ1n) is 6.51. The Morgan fingerprint density at radius 3 is 2.62 bits per heavy atom. The van der Waals surface area contributed by atoms with E-state index >= 15 is 0 Å². The highest BCUT2D eigenvalue weighted by molar-refractivity contribution is 5.93. The molecule has 0 aliphatic rings. The van der Waals surface area contributed by atoms with Gasteiger partial charge in [-0.1, -0.05) is 0 Å². The quantitative estimate of drug-likeness (QED) is 0.734. The lowest BCUT2D eigenvalue weighted by Gasteiger charge is -2.06. The number of hydrogen-bond donors (Lipinski definition) is 2. The molecule has 0 spiro atoms. The van der Waals surface area contributed by atoms with Crippen molar-refractivity contribution >= 4 is 11.9 Å². The number of nitrogens with zero attached hydrogens (tertiary/aromatic N) is 3. The number of anilines is 1. The van der Waals surface area contributed by atoms with Crippen molar-refractivity contribution in [3.05, 3.63) is 48.0 Å². The number of amides is 1. The number of pyridine rings is 1. The third-order valence-corrected chi connectivity index (χ3v) is 2.71. The van der Waals surface area contributed by atoms with Gasteiger partial charge in [0.1, 0.15) is 0 Å². The third kappa shape index (κ3) is 4.81. The van der Waals surface area contributed by atoms with Gasteiger partial charge < -0.3 is 15.4 Å². The summed E-state index contributed by atoms with van der Waals surface area (Å²) in [4.78, 5) is 24.0. The van der Waals surface area contributed by atoms with Gasteiger partial charge in [0.05, 0.1) is 12.2 Å². The molecule has 0 fully saturated rings. The van der Waals surface area contributed by atoms with E-state index in [9.17, 15) is 4.79 Å². The number of ether oxygens (including phenoxy) is 1. The first-order valence-corrected chi connectivity index (χ1v) is 6.51. The Morgan fingerprint density at radius 1 is 1.24 bits per heavy atom. The molecule has 21 heavy (non-hydrogen) atoms. The lowest BCUT2D eigenvalue weighted by molar-refractivity contribution is 0.0950. The Hall–Kier alpha value is -2.54. The minimum absolute atomic E-state index is 0.213. The molecule has 2 N–H and O–H groups in total. The van der Waals surface area contributed by atoms with Crippen LogP contribution in [0.4, 0.5) is 5.95 Å². The minimum atomic E-state index is -0.213. The molecule has 0 aromatic carbocycles. The van der Waals surface area contributed by atoms with Gasteiger partial charge in [0.2, 0.25) is 5.95 Å². The Balaban J connectivity index is 1.85. The first kappa shape index (κ1) is 14.9. The molecule has 110 valence electrons. The fourth-order valence-electron chi connectivity index (χ4n) is 1.59. The van der Waals surface area contributed by atoms with Gasteiger partial charge in [0.15, 0.2) is 0 Å². The second-order valence-electron chi connectivity index (χ2n) is 4.25. The van der Waals surface area contributed by atoms with Gasteiger partial charge >= 0.3 is 0 Å². The summed E-state index contributed by atoms with van der Waals surface area (Å²) in [7, 11) is 1.62. The normalized spacial score (nSPS) is 10.1. The van der Waals surface area contributed by atoms with Crippen LogP contribution in [-0.4, -0.2) is 41.1 Å². The number of carbonyl (C=O) groups excluding carboxylic acids is 1. The van der Waals surface area contributed by atoms with Crippen molar-refractivity contribution in [2.24, 2.45) is 0 Å². The molecular weight excluding hydrogens is 270 g/mol. The van der Waals surface area contributed by atoms with Crippen LogP contribution >= 0.6 is 0 Å². The fourth-order valence-corrected chi connectivity index (χ4v) is 1.59. The van der Waals surface area contributed by atoms with Crippen LogP contribution in [0.15, 0.2) is 36.9 Å². The summed E-state index contributed by atoms with van der Waals surface area (Å²) in [5.74, 6) is 0.257. The second-order valence-corrected chi connectivity index (χ2v) is 4.25. The van der Waals surface area contributed by atoms with E-state index in [1.54, 1.807) is 19.5 Å². The van der Waals surface area contributed by atoms with Crippen molar-refractivity contribution in [1.29, 1.82) is 0 Å². The van der Waals surface area contributed by atoms with Gasteiger partial charge in [-0.05, 0) is 17.7 Å². The van der Waals surface area contributed by atoms with E-state index < -0.39 is 0 Å². The average molecular weight is 287 g/mol. The van der Waals surface area contributed by atoms with Crippen molar-refractivity contribution in [3.63, 3.8) is 0 Å². The molecule has 0 saturated carbocycles. The average Bonchev–Trinajstić information content (AvgIpc) is 2.54. The predicted molar refractivity (Wildman–Crippen MR) is 77.8 cm³/mol. The highest BCUT2D eigenvalue weighted by Gasteiger charge is 2.06. The monoisotopic (exact) mass is 287 g/mol. The number of methoxy groups -OCH3 is 1. The van der Waals surface area contributed by atoms with Gasteiger partial charge in [-0.15, -0.1) is 0 Å². The van der Waals surface area contributed by atoms with E-state index in [4.69, 9.17) is 4.74 Å². The molecule has 7 nitrogen and oxygen atoms in total. The van der Waals surface area contributed by atoms with E-state index in [1.807, 2.05) is 12.1 Å². The molecule has 0 aliphatic carbocycles. The highest BCUT2D eigenvalue weighted by atomic mass is 16.5. The zero-order valence-electron chi connectivity index (χ0n) is 11.7. The maximum Gasteiger partial charge on any atom is 0.254 e. The number of rotatable bonds is 7. The fraction of sp³-hybridized carbons (Fsp3) is 0.286. The van der Waals surface area contributed by atoms with Crippen LogP contribution in [-0.2, 0) is 11.3 Å². The molecule has 7 heteroatoms. The highest BCUT2D eigenvalue weighted by Crippen LogP contribution is 2.01. The Morgan fingerprint density at radius 2 is 1.95 bits per heavy atom. The van der Waals surface area contributed by atoms with Crippen molar-refractivity contribution in [2.45, 2.75) is 6.54 Å². The van der Waals surface area contributed by atoms with E-state index in [0.29, 0.717) is 31.2 Å². The Kier molecular flexibility index (Phi) is 5.60. The zero-order chi connectivity index (χ0) is 14.9. The van der Waals surface area contributed by atoms with Crippen LogP contribution in [0.2, 0.25) is 0 Å². The van der Waals surface area contributed by atoms with Gasteiger partial charge in [-0.2, -0.15) is 0 Å². The summed E-state index contributed by atoms with van der Waals surface area (Å²) < 4.78 is 4.91. The molecule has 2 heterocycles. The lowest BCUT2D eigenvalue weighted by atomic mass is 10.2. The van der Waals surface area contributed by atoms with Crippen LogP contribution in [0.25, 0.3) is 0 Å². The van der Waals surface area contributed by atoms with Crippen molar-refractivity contribution in [1.82, 2.24) is 20.3 Å². The largest absolute Gasteiger partial charge is 0.383 e. The smallest absolute Gasteiger partial charge is 0.254 e. The number of nitrogens with one attached hydrogen (secondary N) is 2. The van der Waals surface area contributed by atoms with Gasteiger partial charge in [0, 0.05) is 45.0 Å². The number of carbonyl (C=O) groups is 1. The second kappa shape index (κ2) is 7.91. The molecular formula is C14H17N5O2. The van der Waals surface area contributed by atoms with Crippen LogP contribution in [0.3, 0.4) is 0 Å². The summed E-state index contributed by atoms with van der Waals surface area (Å²) in [6.07, 6.45) is 6.35. The summed E-state index contributed by atoms with van der Waals surface area (Å²) >= 11 is 0. The van der Waals surface area contributed by atoms with Crippen LogP contribution < -0.4 is 10.6 Å². The minimum Gasteiger partial charge on any atom is -0.383 e. The summed E-state index contributed by atoms with van der Waals surface area (Å²) in [6, 6.07) is 3.69. The maximum absolute atomic E-state index is 11.9. The Bertz CT molecular complexity index is 559. The van der Waals surface area contributed by atoms with E-state index in [2.05, 4.69) is 25.6 Å². The van der Waals surface area contributed by atoms with Crippen molar-refractivity contribution < 1.29 is 9.53 Å². The van der Waals surface area contributed by atoms with Crippen molar-refractivity contribution in [2.75, 3.05) is 25.6 Å². The van der Waals surface area contributed by atoms with Crippen LogP contribution in [0, 0.1) is 0 Å². The van der Waals surface area contributed by atoms with E-state index in [0.717, 1.165) is 5.56 Å². The molecule has 0 atom stereocenters. The maximum atomic E-state index is 11.9. The molecule has 2 aromatic rings. The molecule has 0 saturated heterocycles. The van der Waals surface area contributed by atoms with E-state index in [1.165, 1.54) is 12.4 Å². The van der Waals surface area contributed by atoms with Crippen LogP contribution in [0.5, 0.6) is 0 Å². The zero-order valence-corrected chi connectivity index (χ0v) is 11.7. The first-order chi connectivity index (χ1) is 10.3. The van der Waals surface area contributed by atoms with Gasteiger partial charge in [-0.25, -0.2) is 9.97 Å². The molecule has 0 unspecified atom stereocenters. The number of hydrogen-bond acceptors (Lipinski definition) is 6. The topological polar surface area (TPSA) is 89.0 Å². The molecule has 0 bridgehead atoms. The molecule has 1 amide bonds. The predicted octanol–water partition coefficient (Wildman–Crippen LogP) is 0.860. The summed E-state index contributed by atoms with van der Waals surface area (Å²) in [5.41, 5.74) is 1.40. The van der Waals surface area contributed by atoms with Crippen molar-refractivity contribution in [3.8, 4) is 0 Å². The molecule has 0 radical (unpaired) electrons. The molecule has 0 aliphatic heterocycles. The summed E-state index contributed by atoms with van der Waals surface area (Å²) in [5, 5.41) is 5.78. The Labute approximate surface area is 122 Å². The SMILES string of the molecule is COCCNc1ncc(C(=O)NCc2ccncc2)cn1. The van der Waals surface area contributed by atoms with E-state index in [-0.39, 0.29) is 5.91 Å². The third-order valence-electron chi connectivity index (χ3n) is 2.71. The van der Waals surface area contributed by atoms with Gasteiger partial charge in [0.25, 0.3) is 5.91 Å². The lowest BCUT2D eigenvalue weighted by Crippen LogP contribution is -2.23. The standard InChI is InChI=1S/C14H17N5O2/c1-21-7-6-16-14-18-9-12(10-19-14)13(20)17-8-11-2-4-15-5-3-11/h2-5,9-10H,6-8H2,1H3,(H,17,20)(H,16,18,19).